The normalized spacial score (nSPS) is 16.4. The van der Waals surface area contributed by atoms with Gasteiger partial charge in [-0.1, -0.05) is 6.07 Å². The van der Waals surface area contributed by atoms with Gasteiger partial charge in [0.15, 0.2) is 0 Å². The van der Waals surface area contributed by atoms with Gasteiger partial charge in [-0.05, 0) is 12.1 Å². The zero-order chi connectivity index (χ0) is 10.5. The third-order valence-corrected chi connectivity index (χ3v) is 2.53. The van der Waals surface area contributed by atoms with Crippen molar-refractivity contribution in [1.82, 2.24) is 15.2 Å². The molecule has 0 aromatic carbocycles. The van der Waals surface area contributed by atoms with Gasteiger partial charge in [0, 0.05) is 38.1 Å². The van der Waals surface area contributed by atoms with Crippen molar-refractivity contribution in [3.8, 4) is 0 Å². The Balaban J connectivity index is 1.91. The maximum absolute atomic E-state index is 11.8. The summed E-state index contributed by atoms with van der Waals surface area (Å²) < 4.78 is 0. The van der Waals surface area contributed by atoms with Crippen LogP contribution < -0.4 is 5.32 Å². The first-order chi connectivity index (χ1) is 7.36. The van der Waals surface area contributed by atoms with E-state index in [2.05, 4.69) is 10.3 Å². The largest absolute Gasteiger partial charge is 0.340 e. The Morgan fingerprint density at radius 3 is 2.87 bits per heavy atom. The van der Waals surface area contributed by atoms with E-state index in [1.807, 2.05) is 23.1 Å². The van der Waals surface area contributed by atoms with Gasteiger partial charge in [0.05, 0.1) is 6.42 Å². The number of hydrogen-bond donors (Lipinski definition) is 1. The van der Waals surface area contributed by atoms with E-state index in [0.29, 0.717) is 6.42 Å². The standard InChI is InChI=1S/C11H15N3O/c15-11(14-7-5-12-6-8-14)9-10-3-1-2-4-13-10/h1-4,12H,5-9H2. The fourth-order valence-electron chi connectivity index (χ4n) is 1.68. The smallest absolute Gasteiger partial charge is 0.228 e. The molecule has 2 rings (SSSR count). The highest BCUT2D eigenvalue weighted by molar-refractivity contribution is 5.78. The highest BCUT2D eigenvalue weighted by Gasteiger charge is 2.16. The lowest BCUT2D eigenvalue weighted by atomic mass is 10.2. The second-order valence-electron chi connectivity index (χ2n) is 3.63. The molecule has 0 saturated carbocycles. The number of rotatable bonds is 2. The molecule has 1 N–H and O–H groups in total. The Morgan fingerprint density at radius 1 is 1.40 bits per heavy atom. The van der Waals surface area contributed by atoms with E-state index < -0.39 is 0 Å². The van der Waals surface area contributed by atoms with Gasteiger partial charge in [-0.25, -0.2) is 0 Å². The molecule has 0 unspecified atom stereocenters. The first-order valence-corrected chi connectivity index (χ1v) is 5.24. The molecule has 1 fully saturated rings. The van der Waals surface area contributed by atoms with Gasteiger partial charge in [0.25, 0.3) is 0 Å². The monoisotopic (exact) mass is 205 g/mol. The van der Waals surface area contributed by atoms with Crippen LogP contribution in [0.25, 0.3) is 0 Å². The number of aromatic nitrogens is 1. The van der Waals surface area contributed by atoms with Crippen molar-refractivity contribution >= 4 is 5.91 Å². The van der Waals surface area contributed by atoms with Crippen molar-refractivity contribution in [2.45, 2.75) is 6.42 Å². The Morgan fingerprint density at radius 2 is 2.20 bits per heavy atom. The van der Waals surface area contributed by atoms with Crippen LogP contribution in [0.3, 0.4) is 0 Å². The number of pyridine rings is 1. The number of carbonyl (C=O) groups excluding carboxylic acids is 1. The van der Waals surface area contributed by atoms with Crippen molar-refractivity contribution < 1.29 is 4.79 Å². The molecule has 80 valence electrons. The van der Waals surface area contributed by atoms with Crippen LogP contribution in [0.2, 0.25) is 0 Å². The number of piperazine rings is 1. The number of carbonyl (C=O) groups is 1. The Labute approximate surface area is 89.3 Å². The third-order valence-electron chi connectivity index (χ3n) is 2.53. The highest BCUT2D eigenvalue weighted by atomic mass is 16.2. The first-order valence-electron chi connectivity index (χ1n) is 5.24. The lowest BCUT2D eigenvalue weighted by Gasteiger charge is -2.27. The Bertz CT molecular complexity index is 320. The zero-order valence-corrected chi connectivity index (χ0v) is 8.65. The van der Waals surface area contributed by atoms with E-state index in [1.54, 1.807) is 6.20 Å². The molecule has 0 atom stereocenters. The molecule has 15 heavy (non-hydrogen) atoms. The summed E-state index contributed by atoms with van der Waals surface area (Å²) in [5, 5.41) is 3.22. The van der Waals surface area contributed by atoms with Gasteiger partial charge >= 0.3 is 0 Å². The summed E-state index contributed by atoms with van der Waals surface area (Å²) in [5.41, 5.74) is 0.848. The van der Waals surface area contributed by atoms with E-state index in [1.165, 1.54) is 0 Å². The Kier molecular flexibility index (Phi) is 3.29. The molecule has 0 spiro atoms. The maximum atomic E-state index is 11.8. The van der Waals surface area contributed by atoms with Gasteiger partial charge < -0.3 is 10.2 Å². The van der Waals surface area contributed by atoms with Crippen molar-refractivity contribution in [2.24, 2.45) is 0 Å². The van der Waals surface area contributed by atoms with Gasteiger partial charge in [0.2, 0.25) is 5.91 Å². The lowest BCUT2D eigenvalue weighted by molar-refractivity contribution is -0.131. The van der Waals surface area contributed by atoms with Crippen LogP contribution in [0.4, 0.5) is 0 Å². The van der Waals surface area contributed by atoms with Crippen molar-refractivity contribution in [3.63, 3.8) is 0 Å². The Hall–Kier alpha value is -1.42. The second-order valence-corrected chi connectivity index (χ2v) is 3.63. The summed E-state index contributed by atoms with van der Waals surface area (Å²) in [6.45, 7) is 3.42. The summed E-state index contributed by atoms with van der Waals surface area (Å²) in [7, 11) is 0. The molecule has 0 bridgehead atoms. The summed E-state index contributed by atoms with van der Waals surface area (Å²) in [6, 6.07) is 5.66. The van der Waals surface area contributed by atoms with Crippen LogP contribution in [-0.4, -0.2) is 42.0 Å². The van der Waals surface area contributed by atoms with Crippen molar-refractivity contribution in [2.75, 3.05) is 26.2 Å². The summed E-state index contributed by atoms with van der Waals surface area (Å²) in [5.74, 6) is 0.176. The third kappa shape index (κ3) is 2.76. The quantitative estimate of drug-likeness (QED) is 0.742. The van der Waals surface area contributed by atoms with Crippen LogP contribution in [0.5, 0.6) is 0 Å². The average molecular weight is 205 g/mol. The molecular formula is C11H15N3O. The molecule has 0 radical (unpaired) electrons. The molecule has 1 amide bonds. The predicted octanol–water partition coefficient (Wildman–Crippen LogP) is 0.0559. The minimum Gasteiger partial charge on any atom is -0.340 e. The van der Waals surface area contributed by atoms with E-state index in [4.69, 9.17) is 0 Å². The fraction of sp³-hybridized carbons (Fsp3) is 0.455. The topological polar surface area (TPSA) is 45.2 Å². The van der Waals surface area contributed by atoms with Crippen LogP contribution in [0.1, 0.15) is 5.69 Å². The SMILES string of the molecule is O=C(Cc1ccccn1)N1CCNCC1. The minimum absolute atomic E-state index is 0.176. The van der Waals surface area contributed by atoms with Crippen molar-refractivity contribution in [3.05, 3.63) is 30.1 Å². The van der Waals surface area contributed by atoms with Crippen LogP contribution >= 0.6 is 0 Å². The molecular weight excluding hydrogens is 190 g/mol. The second kappa shape index (κ2) is 4.89. The van der Waals surface area contributed by atoms with E-state index in [0.717, 1.165) is 31.9 Å². The molecule has 1 aromatic heterocycles. The van der Waals surface area contributed by atoms with Gasteiger partial charge in [-0.15, -0.1) is 0 Å². The zero-order valence-electron chi connectivity index (χ0n) is 8.65. The van der Waals surface area contributed by atoms with Crippen LogP contribution in [0, 0.1) is 0 Å². The van der Waals surface area contributed by atoms with E-state index in [-0.39, 0.29) is 5.91 Å². The first kappa shape index (κ1) is 10.1. The molecule has 0 aliphatic carbocycles. The van der Waals surface area contributed by atoms with Gasteiger partial charge in [0.1, 0.15) is 0 Å². The number of nitrogens with zero attached hydrogens (tertiary/aromatic N) is 2. The fourth-order valence-corrected chi connectivity index (χ4v) is 1.68. The van der Waals surface area contributed by atoms with E-state index >= 15 is 0 Å². The maximum Gasteiger partial charge on any atom is 0.228 e. The van der Waals surface area contributed by atoms with Crippen LogP contribution in [0.15, 0.2) is 24.4 Å². The predicted molar refractivity (Wildman–Crippen MR) is 57.4 cm³/mol. The highest BCUT2D eigenvalue weighted by Crippen LogP contribution is 2.00. The number of amides is 1. The van der Waals surface area contributed by atoms with Crippen LogP contribution in [-0.2, 0) is 11.2 Å². The number of nitrogens with one attached hydrogen (secondary N) is 1. The minimum atomic E-state index is 0.176. The molecule has 1 aromatic rings. The molecule has 4 nitrogen and oxygen atoms in total. The summed E-state index contributed by atoms with van der Waals surface area (Å²) >= 11 is 0. The summed E-state index contributed by atoms with van der Waals surface area (Å²) in [4.78, 5) is 17.9. The number of hydrogen-bond acceptors (Lipinski definition) is 3. The van der Waals surface area contributed by atoms with E-state index in [9.17, 15) is 4.79 Å². The average Bonchev–Trinajstić information content (AvgIpc) is 2.31. The van der Waals surface area contributed by atoms with Crippen molar-refractivity contribution in [1.29, 1.82) is 0 Å². The van der Waals surface area contributed by atoms with Gasteiger partial charge in [-0.3, -0.25) is 9.78 Å². The summed E-state index contributed by atoms with van der Waals surface area (Å²) in [6.07, 6.45) is 2.14. The van der Waals surface area contributed by atoms with Gasteiger partial charge in [-0.2, -0.15) is 0 Å². The lowest BCUT2D eigenvalue weighted by Crippen LogP contribution is -2.47. The molecule has 1 saturated heterocycles. The molecule has 1 aliphatic heterocycles. The molecule has 4 heteroatoms. The molecule has 1 aliphatic rings. The molecule has 2 heterocycles.